The van der Waals surface area contributed by atoms with E-state index in [1.165, 1.54) is 18.7 Å². The molecule has 0 aliphatic carbocycles. The van der Waals surface area contributed by atoms with E-state index in [2.05, 4.69) is 4.98 Å². The van der Waals surface area contributed by atoms with Crippen LogP contribution in [-0.2, 0) is 6.18 Å². The van der Waals surface area contributed by atoms with Gasteiger partial charge in [-0.05, 0) is 12.1 Å². The molecule has 0 amide bonds. The maximum Gasteiger partial charge on any atom is 0.416 e. The zero-order valence-electron chi connectivity index (χ0n) is 8.76. The molecule has 1 aromatic heterocycles. The number of imidazole rings is 1. The van der Waals surface area contributed by atoms with Crippen molar-refractivity contribution in [2.24, 2.45) is 0 Å². The molecule has 0 N–H and O–H groups in total. The second-order valence-corrected chi connectivity index (χ2v) is 3.43. The maximum atomic E-state index is 12.5. The summed E-state index contributed by atoms with van der Waals surface area (Å²) in [5, 5.41) is 10.8. The summed E-state index contributed by atoms with van der Waals surface area (Å²) in [7, 11) is 0. The fourth-order valence-corrected chi connectivity index (χ4v) is 1.46. The van der Waals surface area contributed by atoms with Gasteiger partial charge in [-0.3, -0.25) is 10.1 Å². The molecule has 0 spiro atoms. The summed E-state index contributed by atoms with van der Waals surface area (Å²) >= 11 is 0. The average molecular weight is 257 g/mol. The molecule has 0 bridgehead atoms. The van der Waals surface area contributed by atoms with Gasteiger partial charge in [0.05, 0.1) is 16.8 Å². The Labute approximate surface area is 98.6 Å². The first-order chi connectivity index (χ1) is 8.39. The Kier molecular flexibility index (Phi) is 2.77. The van der Waals surface area contributed by atoms with E-state index < -0.39 is 22.4 Å². The van der Waals surface area contributed by atoms with E-state index in [1.807, 2.05) is 0 Å². The molecule has 94 valence electrons. The van der Waals surface area contributed by atoms with Crippen molar-refractivity contribution in [3.63, 3.8) is 0 Å². The Morgan fingerprint density at radius 3 is 2.56 bits per heavy atom. The van der Waals surface area contributed by atoms with Crippen LogP contribution in [0.4, 0.5) is 18.9 Å². The zero-order valence-corrected chi connectivity index (χ0v) is 8.76. The first-order valence-electron chi connectivity index (χ1n) is 4.73. The molecule has 8 heteroatoms. The third kappa shape index (κ3) is 2.17. The van der Waals surface area contributed by atoms with Crippen LogP contribution in [0.3, 0.4) is 0 Å². The number of aromatic nitrogens is 2. The van der Waals surface area contributed by atoms with Crippen molar-refractivity contribution in [1.29, 1.82) is 0 Å². The zero-order chi connectivity index (χ0) is 13.3. The van der Waals surface area contributed by atoms with Gasteiger partial charge in [-0.2, -0.15) is 13.2 Å². The van der Waals surface area contributed by atoms with Crippen LogP contribution in [0.2, 0.25) is 0 Å². The van der Waals surface area contributed by atoms with Crippen molar-refractivity contribution < 1.29 is 18.1 Å². The molecule has 0 fully saturated rings. The second kappa shape index (κ2) is 4.13. The molecular weight excluding hydrogens is 251 g/mol. The van der Waals surface area contributed by atoms with Gasteiger partial charge >= 0.3 is 6.18 Å². The number of rotatable bonds is 2. The number of alkyl halides is 3. The molecule has 18 heavy (non-hydrogen) atoms. The van der Waals surface area contributed by atoms with Gasteiger partial charge in [0.2, 0.25) is 0 Å². The second-order valence-electron chi connectivity index (χ2n) is 3.43. The summed E-state index contributed by atoms with van der Waals surface area (Å²) in [5.74, 6) is 0. The predicted molar refractivity (Wildman–Crippen MR) is 55.2 cm³/mol. The summed E-state index contributed by atoms with van der Waals surface area (Å²) in [6, 6.07) is 2.23. The van der Waals surface area contributed by atoms with Crippen LogP contribution in [0.1, 0.15) is 5.56 Å². The molecule has 0 aliphatic rings. The molecule has 5 nitrogen and oxygen atoms in total. The Hall–Kier alpha value is -2.38. The summed E-state index contributed by atoms with van der Waals surface area (Å²) in [4.78, 5) is 13.7. The van der Waals surface area contributed by atoms with Crippen molar-refractivity contribution >= 4 is 5.69 Å². The average Bonchev–Trinajstić information content (AvgIpc) is 2.80. The van der Waals surface area contributed by atoms with Crippen molar-refractivity contribution in [3.8, 4) is 5.69 Å². The topological polar surface area (TPSA) is 61.0 Å². The van der Waals surface area contributed by atoms with E-state index in [9.17, 15) is 23.3 Å². The lowest BCUT2D eigenvalue weighted by molar-refractivity contribution is -0.384. The molecule has 0 saturated carbocycles. The van der Waals surface area contributed by atoms with Gasteiger partial charge in [0.1, 0.15) is 5.69 Å². The predicted octanol–water partition coefficient (Wildman–Crippen LogP) is 2.80. The van der Waals surface area contributed by atoms with Gasteiger partial charge in [-0.1, -0.05) is 0 Å². The molecule has 1 aromatic carbocycles. The van der Waals surface area contributed by atoms with Crippen LogP contribution in [0.5, 0.6) is 0 Å². The molecule has 0 aliphatic heterocycles. The van der Waals surface area contributed by atoms with Crippen LogP contribution in [0.15, 0.2) is 36.9 Å². The van der Waals surface area contributed by atoms with Crippen LogP contribution < -0.4 is 0 Å². The quantitative estimate of drug-likeness (QED) is 0.613. The Balaban J connectivity index is 2.63. The number of nitro benzene ring substituents is 1. The van der Waals surface area contributed by atoms with Gasteiger partial charge in [-0.15, -0.1) is 0 Å². The van der Waals surface area contributed by atoms with Crippen molar-refractivity contribution in [1.82, 2.24) is 9.55 Å². The monoisotopic (exact) mass is 257 g/mol. The normalized spacial score (nSPS) is 11.5. The minimum absolute atomic E-state index is 0.174. The number of hydrogen-bond donors (Lipinski definition) is 0. The maximum absolute atomic E-state index is 12.5. The lowest BCUT2D eigenvalue weighted by Crippen LogP contribution is -2.07. The standard InChI is InChI=1S/C10H6F3N3O2/c11-10(12,13)7-1-2-8(16(17)18)9(5-7)15-4-3-14-6-15/h1-6H. The smallest absolute Gasteiger partial charge is 0.300 e. The van der Waals surface area contributed by atoms with Gasteiger partial charge < -0.3 is 4.57 Å². The Bertz CT molecular complexity index is 579. The van der Waals surface area contributed by atoms with Crippen molar-refractivity contribution in [3.05, 3.63) is 52.6 Å². The van der Waals surface area contributed by atoms with Gasteiger partial charge in [0.25, 0.3) is 5.69 Å². The van der Waals surface area contributed by atoms with Gasteiger partial charge in [0.15, 0.2) is 0 Å². The van der Waals surface area contributed by atoms with E-state index in [1.54, 1.807) is 0 Å². The minimum atomic E-state index is -4.55. The molecule has 0 unspecified atom stereocenters. The van der Waals surface area contributed by atoms with Gasteiger partial charge in [0, 0.05) is 18.5 Å². The number of nitrogens with zero attached hydrogens (tertiary/aromatic N) is 3. The largest absolute Gasteiger partial charge is 0.416 e. The number of benzene rings is 1. The lowest BCUT2D eigenvalue weighted by atomic mass is 10.1. The van der Waals surface area contributed by atoms with E-state index in [0.29, 0.717) is 6.07 Å². The first-order valence-corrected chi connectivity index (χ1v) is 4.73. The number of hydrogen-bond acceptors (Lipinski definition) is 3. The molecule has 0 atom stereocenters. The third-order valence-electron chi connectivity index (χ3n) is 2.28. The lowest BCUT2D eigenvalue weighted by Gasteiger charge is -2.09. The number of halogens is 3. The fourth-order valence-electron chi connectivity index (χ4n) is 1.46. The summed E-state index contributed by atoms with van der Waals surface area (Å²) in [5.41, 5.74) is -1.54. The fraction of sp³-hybridized carbons (Fsp3) is 0.100. The summed E-state index contributed by atoms with van der Waals surface area (Å²) < 4.78 is 38.8. The highest BCUT2D eigenvalue weighted by atomic mass is 19.4. The SMILES string of the molecule is O=[N+]([O-])c1ccc(C(F)(F)F)cc1-n1ccnc1. The van der Waals surface area contributed by atoms with Crippen LogP contribution >= 0.6 is 0 Å². The summed E-state index contributed by atoms with van der Waals surface area (Å²) in [6.07, 6.45) is -0.695. The van der Waals surface area contributed by atoms with Crippen LogP contribution in [-0.4, -0.2) is 14.5 Å². The van der Waals surface area contributed by atoms with Crippen molar-refractivity contribution in [2.45, 2.75) is 6.18 Å². The van der Waals surface area contributed by atoms with E-state index >= 15 is 0 Å². The molecule has 2 rings (SSSR count). The van der Waals surface area contributed by atoms with E-state index in [4.69, 9.17) is 0 Å². The Morgan fingerprint density at radius 2 is 2.06 bits per heavy atom. The van der Waals surface area contributed by atoms with E-state index in [0.717, 1.165) is 16.7 Å². The highest BCUT2D eigenvalue weighted by molar-refractivity contribution is 5.54. The highest BCUT2D eigenvalue weighted by Crippen LogP contribution is 2.33. The first kappa shape index (κ1) is 12.1. The van der Waals surface area contributed by atoms with Crippen molar-refractivity contribution in [2.75, 3.05) is 0 Å². The van der Waals surface area contributed by atoms with Crippen LogP contribution in [0, 0.1) is 10.1 Å². The molecular formula is C10H6F3N3O2. The molecule has 0 radical (unpaired) electrons. The third-order valence-corrected chi connectivity index (χ3v) is 2.28. The number of nitro groups is 1. The van der Waals surface area contributed by atoms with Crippen LogP contribution in [0.25, 0.3) is 5.69 Å². The highest BCUT2D eigenvalue weighted by Gasteiger charge is 2.32. The molecule has 1 heterocycles. The molecule has 0 saturated heterocycles. The minimum Gasteiger partial charge on any atom is -0.300 e. The Morgan fingerprint density at radius 1 is 1.33 bits per heavy atom. The summed E-state index contributed by atoms with van der Waals surface area (Å²) in [6.45, 7) is 0. The van der Waals surface area contributed by atoms with E-state index in [-0.39, 0.29) is 5.69 Å². The van der Waals surface area contributed by atoms with Gasteiger partial charge in [-0.25, -0.2) is 4.98 Å². The molecule has 2 aromatic rings.